The molecule has 0 atom stereocenters. The number of nitrogens with one attached hydrogen (secondary N) is 1. The lowest BCUT2D eigenvalue weighted by molar-refractivity contribution is -0.121. The number of benzene rings is 1. The van der Waals surface area contributed by atoms with Gasteiger partial charge in [-0.3, -0.25) is 23.5 Å². The van der Waals surface area contributed by atoms with Gasteiger partial charge in [0.15, 0.2) is 5.65 Å². The number of rotatable bonds is 5. The molecule has 0 bridgehead atoms. The Morgan fingerprint density at radius 3 is 2.48 bits per heavy atom. The fourth-order valence-electron chi connectivity index (χ4n) is 2.79. The van der Waals surface area contributed by atoms with Crippen LogP contribution < -0.4 is 21.3 Å². The Kier molecular flexibility index (Phi) is 5.07. The van der Waals surface area contributed by atoms with Crippen LogP contribution in [0.1, 0.15) is 5.56 Å². The number of hydrogen-bond donors (Lipinski definition) is 1. The Hall–Kier alpha value is -3.42. The Labute approximate surface area is 155 Å². The number of amides is 1. The van der Waals surface area contributed by atoms with Gasteiger partial charge in [-0.2, -0.15) is 0 Å². The predicted octanol–water partition coefficient (Wildman–Crippen LogP) is 0.478. The van der Waals surface area contributed by atoms with Crippen LogP contribution in [0.2, 0.25) is 0 Å². The summed E-state index contributed by atoms with van der Waals surface area (Å²) in [5.41, 5.74) is 1.34. The van der Waals surface area contributed by atoms with Gasteiger partial charge in [0.25, 0.3) is 0 Å². The van der Waals surface area contributed by atoms with Crippen LogP contribution in [0.3, 0.4) is 0 Å². The normalized spacial score (nSPS) is 10.8. The zero-order valence-corrected chi connectivity index (χ0v) is 15.5. The molecule has 0 spiro atoms. The fraction of sp³-hybridized carbons (Fsp3) is 0.263. The summed E-state index contributed by atoms with van der Waals surface area (Å²) in [7, 11) is 5.40. The monoisotopic (exact) mass is 367 g/mol. The van der Waals surface area contributed by atoms with E-state index in [1.165, 1.54) is 17.8 Å². The van der Waals surface area contributed by atoms with Gasteiger partial charge in [0.05, 0.1) is 5.52 Å². The van der Waals surface area contributed by atoms with Gasteiger partial charge in [-0.25, -0.2) is 4.98 Å². The van der Waals surface area contributed by atoms with Gasteiger partial charge in [-0.15, -0.1) is 0 Å². The molecule has 2 heterocycles. The minimum Gasteiger partial charge on any atom is -0.378 e. The highest BCUT2D eigenvalue weighted by Crippen LogP contribution is 2.12. The van der Waals surface area contributed by atoms with E-state index in [4.69, 9.17) is 0 Å². The fourth-order valence-corrected chi connectivity index (χ4v) is 2.79. The van der Waals surface area contributed by atoms with Gasteiger partial charge in [-0.1, -0.05) is 12.1 Å². The summed E-state index contributed by atoms with van der Waals surface area (Å²) >= 11 is 0. The van der Waals surface area contributed by atoms with Crippen molar-refractivity contribution in [1.82, 2.24) is 19.4 Å². The number of anilines is 1. The van der Waals surface area contributed by atoms with Crippen LogP contribution in [0.4, 0.5) is 5.69 Å². The number of nitrogens with zero attached hydrogens (tertiary/aromatic N) is 4. The van der Waals surface area contributed by atoms with Crippen molar-refractivity contribution >= 4 is 22.8 Å². The lowest BCUT2D eigenvalue weighted by atomic mass is 10.2. The highest BCUT2D eigenvalue weighted by molar-refractivity contribution is 5.78. The Morgan fingerprint density at radius 1 is 1.11 bits per heavy atom. The topological polar surface area (TPSA) is 89.2 Å². The maximum atomic E-state index is 12.3. The minimum atomic E-state index is -0.747. The summed E-state index contributed by atoms with van der Waals surface area (Å²) in [6, 6.07) is 11.1. The minimum absolute atomic E-state index is 0.243. The van der Waals surface area contributed by atoms with Crippen molar-refractivity contribution in [3.05, 3.63) is 68.9 Å². The third kappa shape index (κ3) is 3.74. The molecule has 3 aromatic rings. The summed E-state index contributed by atoms with van der Waals surface area (Å²) in [6.45, 7) is 0.0925. The van der Waals surface area contributed by atoms with Crippen LogP contribution in [-0.2, 0) is 24.9 Å². The second-order valence-electron chi connectivity index (χ2n) is 6.44. The van der Waals surface area contributed by atoms with Gasteiger partial charge < -0.3 is 10.2 Å². The number of aromatic nitrogens is 3. The SMILES string of the molecule is CN(C)c1ccc(CNC(=O)Cn2c(=O)c(=O)n(C)c3ncccc32)cc1. The Morgan fingerprint density at radius 2 is 1.81 bits per heavy atom. The molecule has 8 heteroatoms. The maximum Gasteiger partial charge on any atom is 0.317 e. The first-order valence-corrected chi connectivity index (χ1v) is 8.46. The summed E-state index contributed by atoms with van der Waals surface area (Å²) in [4.78, 5) is 42.9. The summed E-state index contributed by atoms with van der Waals surface area (Å²) in [5.74, 6) is -0.354. The number of pyridine rings is 1. The molecule has 27 heavy (non-hydrogen) atoms. The van der Waals surface area contributed by atoms with Crippen molar-refractivity contribution in [3.63, 3.8) is 0 Å². The van der Waals surface area contributed by atoms with Gasteiger partial charge in [0.2, 0.25) is 5.91 Å². The second kappa shape index (κ2) is 7.45. The van der Waals surface area contributed by atoms with Crippen molar-refractivity contribution in [3.8, 4) is 0 Å². The summed E-state index contributed by atoms with van der Waals surface area (Å²) in [6.07, 6.45) is 1.54. The van der Waals surface area contributed by atoms with E-state index in [0.717, 1.165) is 15.8 Å². The van der Waals surface area contributed by atoms with E-state index in [9.17, 15) is 14.4 Å². The predicted molar refractivity (Wildman–Crippen MR) is 104 cm³/mol. The molecule has 0 radical (unpaired) electrons. The molecular weight excluding hydrogens is 346 g/mol. The highest BCUT2D eigenvalue weighted by Gasteiger charge is 2.14. The zero-order chi connectivity index (χ0) is 19.6. The van der Waals surface area contributed by atoms with E-state index in [2.05, 4.69) is 10.3 Å². The molecule has 0 saturated carbocycles. The first-order valence-electron chi connectivity index (χ1n) is 8.46. The molecule has 0 aliphatic rings. The van der Waals surface area contributed by atoms with E-state index in [1.807, 2.05) is 43.3 Å². The highest BCUT2D eigenvalue weighted by atomic mass is 16.2. The second-order valence-corrected chi connectivity index (χ2v) is 6.44. The maximum absolute atomic E-state index is 12.3. The van der Waals surface area contributed by atoms with Crippen LogP contribution in [-0.4, -0.2) is 34.1 Å². The van der Waals surface area contributed by atoms with Gasteiger partial charge in [0, 0.05) is 39.6 Å². The average Bonchev–Trinajstić information content (AvgIpc) is 2.68. The molecule has 0 unspecified atom stereocenters. The molecule has 0 fully saturated rings. The lowest BCUT2D eigenvalue weighted by Gasteiger charge is -2.13. The first-order chi connectivity index (χ1) is 12.9. The van der Waals surface area contributed by atoms with Crippen molar-refractivity contribution in [2.75, 3.05) is 19.0 Å². The zero-order valence-electron chi connectivity index (χ0n) is 15.5. The molecule has 0 saturated heterocycles. The molecule has 1 N–H and O–H groups in total. The molecule has 1 amide bonds. The van der Waals surface area contributed by atoms with Crippen molar-refractivity contribution in [2.45, 2.75) is 13.1 Å². The molecule has 0 aliphatic heterocycles. The van der Waals surface area contributed by atoms with Crippen molar-refractivity contribution in [2.24, 2.45) is 7.05 Å². The quantitative estimate of drug-likeness (QED) is 0.663. The number of fused-ring (bicyclic) bond motifs is 1. The largest absolute Gasteiger partial charge is 0.378 e. The third-order valence-electron chi connectivity index (χ3n) is 4.35. The molecular formula is C19H21N5O3. The van der Waals surface area contributed by atoms with Crippen LogP contribution in [0.15, 0.2) is 52.2 Å². The number of carbonyl (C=O) groups excluding carboxylic acids is 1. The van der Waals surface area contributed by atoms with Crippen LogP contribution in [0, 0.1) is 0 Å². The molecule has 0 aliphatic carbocycles. The molecule has 3 rings (SSSR count). The first kappa shape index (κ1) is 18.4. The third-order valence-corrected chi connectivity index (χ3v) is 4.35. The molecule has 140 valence electrons. The smallest absolute Gasteiger partial charge is 0.317 e. The Balaban J connectivity index is 1.78. The Bertz CT molecular complexity index is 1100. The van der Waals surface area contributed by atoms with Gasteiger partial charge in [0.1, 0.15) is 6.54 Å². The molecule has 1 aromatic carbocycles. The van der Waals surface area contributed by atoms with E-state index in [-0.39, 0.29) is 12.5 Å². The lowest BCUT2D eigenvalue weighted by Crippen LogP contribution is -2.43. The van der Waals surface area contributed by atoms with Gasteiger partial charge >= 0.3 is 11.1 Å². The van der Waals surface area contributed by atoms with Crippen LogP contribution in [0.25, 0.3) is 11.2 Å². The summed E-state index contributed by atoms with van der Waals surface area (Å²) in [5, 5.41) is 2.78. The van der Waals surface area contributed by atoms with E-state index in [1.54, 1.807) is 12.1 Å². The van der Waals surface area contributed by atoms with Crippen LogP contribution >= 0.6 is 0 Å². The number of carbonyl (C=O) groups is 1. The average molecular weight is 367 g/mol. The van der Waals surface area contributed by atoms with Crippen molar-refractivity contribution < 1.29 is 4.79 Å². The number of hydrogen-bond acceptors (Lipinski definition) is 5. The molecule has 8 nitrogen and oxygen atoms in total. The summed E-state index contributed by atoms with van der Waals surface area (Å²) < 4.78 is 2.35. The van der Waals surface area contributed by atoms with E-state index < -0.39 is 11.1 Å². The number of aryl methyl sites for hydroxylation is 1. The standard InChI is InChI=1S/C19H21N5O3/c1-22(2)14-8-6-13(7-9-14)11-21-16(25)12-24-15-5-4-10-20-17(15)23(3)18(26)19(24)27/h4-10H,11-12H2,1-3H3,(H,21,25). The van der Waals surface area contributed by atoms with E-state index in [0.29, 0.717) is 17.7 Å². The van der Waals surface area contributed by atoms with E-state index >= 15 is 0 Å². The van der Waals surface area contributed by atoms with Gasteiger partial charge in [-0.05, 0) is 29.8 Å². The molecule has 2 aromatic heterocycles. The van der Waals surface area contributed by atoms with Crippen molar-refractivity contribution in [1.29, 1.82) is 0 Å². The van der Waals surface area contributed by atoms with Crippen LogP contribution in [0.5, 0.6) is 0 Å².